The third-order valence-corrected chi connectivity index (χ3v) is 6.27. The lowest BCUT2D eigenvalue weighted by molar-refractivity contribution is -0.185. The summed E-state index contributed by atoms with van der Waals surface area (Å²) in [6.45, 7) is 9.75. The molecule has 196 valence electrons. The molecule has 0 amide bonds. The third-order valence-electron chi connectivity index (χ3n) is 6.27. The minimum atomic E-state index is -3.51. The van der Waals surface area contributed by atoms with Crippen LogP contribution in [-0.4, -0.2) is 18.3 Å². The Hall–Kier alpha value is -3.44. The fraction of sp³-hybridized carbons (Fsp3) is 0.312. The van der Waals surface area contributed by atoms with Gasteiger partial charge in [-0.25, -0.2) is 0 Å². The second-order valence-corrected chi connectivity index (χ2v) is 9.02. The molecule has 0 heterocycles. The Morgan fingerprint density at radius 1 is 0.892 bits per heavy atom. The second-order valence-electron chi connectivity index (χ2n) is 9.02. The van der Waals surface area contributed by atoms with Gasteiger partial charge in [0.1, 0.15) is 11.5 Å². The van der Waals surface area contributed by atoms with Crippen LogP contribution in [0, 0.1) is 0 Å². The highest BCUT2D eigenvalue weighted by atomic mass is 19.3. The lowest BCUT2D eigenvalue weighted by atomic mass is 10.00. The van der Waals surface area contributed by atoms with E-state index in [1.54, 1.807) is 24.3 Å². The maximum atomic E-state index is 15.1. The molecule has 0 aliphatic rings. The van der Waals surface area contributed by atoms with Crippen LogP contribution in [0.5, 0.6) is 5.75 Å². The summed E-state index contributed by atoms with van der Waals surface area (Å²) < 4.78 is 40.7. The van der Waals surface area contributed by atoms with E-state index in [2.05, 4.69) is 32.2 Å². The van der Waals surface area contributed by atoms with E-state index in [0.717, 1.165) is 28.7 Å². The fourth-order valence-corrected chi connectivity index (χ4v) is 4.12. The van der Waals surface area contributed by atoms with Crippen molar-refractivity contribution in [3.05, 3.63) is 114 Å². The molecule has 3 aromatic carbocycles. The number of hydrogen-bond donors (Lipinski definition) is 1. The molecule has 0 aliphatic carbocycles. The van der Waals surface area contributed by atoms with E-state index in [4.69, 9.17) is 9.47 Å². The number of unbranched alkanes of at least 4 members (excludes halogenated alkanes) is 2. The van der Waals surface area contributed by atoms with E-state index in [9.17, 15) is 5.11 Å². The van der Waals surface area contributed by atoms with Crippen molar-refractivity contribution in [2.75, 3.05) is 13.2 Å². The van der Waals surface area contributed by atoms with Crippen LogP contribution in [0.25, 0.3) is 11.1 Å². The predicted molar refractivity (Wildman–Crippen MR) is 146 cm³/mol. The van der Waals surface area contributed by atoms with Gasteiger partial charge in [-0.05, 0) is 77.4 Å². The number of halogens is 2. The van der Waals surface area contributed by atoms with Gasteiger partial charge in [-0.1, -0.05) is 75.4 Å². The summed E-state index contributed by atoms with van der Waals surface area (Å²) >= 11 is 0. The largest absolute Gasteiger partial charge is 0.494 e. The van der Waals surface area contributed by atoms with Crippen LogP contribution in [0.4, 0.5) is 8.78 Å². The average Bonchev–Trinajstić information content (AvgIpc) is 2.90. The first kappa shape index (κ1) is 28.1. The number of aryl methyl sites for hydroxylation is 1. The van der Waals surface area contributed by atoms with Gasteiger partial charge < -0.3 is 14.6 Å². The number of allylic oxidation sites excluding steroid dienone is 1. The molecule has 3 aromatic rings. The minimum absolute atomic E-state index is 0.0441. The smallest absolute Gasteiger partial charge is 0.426 e. The van der Waals surface area contributed by atoms with Gasteiger partial charge in [0, 0.05) is 13.0 Å². The Kier molecular flexibility index (Phi) is 10.5. The highest BCUT2D eigenvalue weighted by Crippen LogP contribution is 2.34. The van der Waals surface area contributed by atoms with E-state index >= 15 is 8.78 Å². The fourth-order valence-electron chi connectivity index (χ4n) is 4.12. The zero-order valence-corrected chi connectivity index (χ0v) is 21.5. The van der Waals surface area contributed by atoms with Crippen molar-refractivity contribution < 1.29 is 23.4 Å². The minimum Gasteiger partial charge on any atom is -0.494 e. The van der Waals surface area contributed by atoms with Crippen molar-refractivity contribution in [1.82, 2.24) is 0 Å². The first-order valence-electron chi connectivity index (χ1n) is 12.8. The molecule has 0 bridgehead atoms. The Bertz CT molecular complexity index is 1150. The van der Waals surface area contributed by atoms with Crippen LogP contribution in [0.3, 0.4) is 0 Å². The summed E-state index contributed by atoms with van der Waals surface area (Å²) in [5.41, 5.74) is 4.55. The van der Waals surface area contributed by atoms with Crippen LogP contribution in [0.1, 0.15) is 48.4 Å². The van der Waals surface area contributed by atoms with Gasteiger partial charge in [0.25, 0.3) is 0 Å². The molecule has 0 saturated heterocycles. The summed E-state index contributed by atoms with van der Waals surface area (Å²) in [7, 11) is 0. The molecular formula is C32H36F2O3. The molecule has 3 nitrogen and oxygen atoms in total. The normalized spacial score (nSPS) is 11.2. The van der Waals surface area contributed by atoms with E-state index in [0.29, 0.717) is 25.2 Å². The van der Waals surface area contributed by atoms with Crippen LogP contribution < -0.4 is 4.74 Å². The molecule has 0 saturated carbocycles. The Morgan fingerprint density at radius 3 is 2.19 bits per heavy atom. The van der Waals surface area contributed by atoms with Gasteiger partial charge in [-0.2, -0.15) is 8.78 Å². The first-order chi connectivity index (χ1) is 17.9. The maximum absolute atomic E-state index is 15.1. The summed E-state index contributed by atoms with van der Waals surface area (Å²) in [4.78, 5) is 0. The van der Waals surface area contributed by atoms with Crippen LogP contribution in [0.2, 0.25) is 0 Å². The lowest BCUT2D eigenvalue weighted by Gasteiger charge is -2.20. The highest BCUT2D eigenvalue weighted by molar-refractivity contribution is 5.64. The van der Waals surface area contributed by atoms with E-state index in [1.165, 1.54) is 49.1 Å². The van der Waals surface area contributed by atoms with Crippen LogP contribution >= 0.6 is 0 Å². The van der Waals surface area contributed by atoms with Crippen molar-refractivity contribution in [2.45, 2.75) is 51.6 Å². The van der Waals surface area contributed by atoms with Crippen molar-refractivity contribution in [2.24, 2.45) is 0 Å². The van der Waals surface area contributed by atoms with Gasteiger partial charge >= 0.3 is 6.11 Å². The summed E-state index contributed by atoms with van der Waals surface area (Å²) in [6, 6.07) is 19.3. The molecule has 0 aromatic heterocycles. The molecule has 3 rings (SSSR count). The molecule has 0 unspecified atom stereocenters. The average molecular weight is 507 g/mol. The predicted octanol–water partition coefficient (Wildman–Crippen LogP) is 8.01. The summed E-state index contributed by atoms with van der Waals surface area (Å²) in [6.07, 6.45) is 3.49. The van der Waals surface area contributed by atoms with Crippen molar-refractivity contribution in [3.8, 4) is 16.9 Å². The Morgan fingerprint density at radius 2 is 1.57 bits per heavy atom. The standard InChI is InChI=1S/C32H36F2O3/c1-4-6-7-8-25-9-11-26(12-10-25)27-13-16-30(17-14-27)32(33,34)37-31-18-15-28(19-21-35)29(23-31)20-22-36-24(3)5-2/h5,9-18,23,35H,2-4,6-8,19-22H2,1H3. The van der Waals surface area contributed by atoms with E-state index < -0.39 is 6.11 Å². The molecule has 0 aliphatic heterocycles. The third kappa shape index (κ3) is 8.29. The number of alkyl halides is 2. The lowest BCUT2D eigenvalue weighted by Crippen LogP contribution is -2.22. The van der Waals surface area contributed by atoms with Gasteiger partial charge in [0.15, 0.2) is 0 Å². The first-order valence-corrected chi connectivity index (χ1v) is 12.8. The zero-order valence-electron chi connectivity index (χ0n) is 21.5. The molecule has 0 spiro atoms. The summed E-state index contributed by atoms with van der Waals surface area (Å²) in [5, 5.41) is 9.35. The number of hydrogen-bond acceptors (Lipinski definition) is 3. The van der Waals surface area contributed by atoms with Gasteiger partial charge in [-0.3, -0.25) is 0 Å². The zero-order chi connectivity index (χ0) is 26.7. The molecule has 0 atom stereocenters. The number of aliphatic hydroxyl groups is 1. The number of aliphatic hydroxyl groups excluding tert-OH is 1. The van der Waals surface area contributed by atoms with Crippen LogP contribution in [-0.2, 0) is 30.1 Å². The van der Waals surface area contributed by atoms with Gasteiger partial charge in [-0.15, -0.1) is 0 Å². The Balaban J connectivity index is 1.70. The SMILES string of the molecule is C=CC(=C)OCCc1cc(OC(F)(F)c2ccc(-c3ccc(CCCCC)cc3)cc2)ccc1CCO. The molecule has 0 radical (unpaired) electrons. The summed E-state index contributed by atoms with van der Waals surface area (Å²) in [5.74, 6) is 0.487. The maximum Gasteiger partial charge on any atom is 0.426 e. The van der Waals surface area contributed by atoms with Gasteiger partial charge in [0.2, 0.25) is 0 Å². The monoisotopic (exact) mass is 506 g/mol. The van der Waals surface area contributed by atoms with Crippen molar-refractivity contribution in [1.29, 1.82) is 0 Å². The van der Waals surface area contributed by atoms with E-state index in [1.807, 2.05) is 12.1 Å². The number of ether oxygens (including phenoxy) is 2. The molecule has 0 fully saturated rings. The van der Waals surface area contributed by atoms with Crippen molar-refractivity contribution >= 4 is 0 Å². The van der Waals surface area contributed by atoms with Crippen molar-refractivity contribution in [3.63, 3.8) is 0 Å². The molecule has 5 heteroatoms. The molecular weight excluding hydrogens is 470 g/mol. The molecule has 1 N–H and O–H groups in total. The Labute approximate surface area is 219 Å². The topological polar surface area (TPSA) is 38.7 Å². The second kappa shape index (κ2) is 13.8. The van der Waals surface area contributed by atoms with E-state index in [-0.39, 0.29) is 17.9 Å². The van der Waals surface area contributed by atoms with Crippen LogP contribution in [0.15, 0.2) is 91.7 Å². The number of rotatable bonds is 15. The highest BCUT2D eigenvalue weighted by Gasteiger charge is 2.34. The van der Waals surface area contributed by atoms with Gasteiger partial charge in [0.05, 0.1) is 12.2 Å². The number of benzene rings is 3. The quantitative estimate of drug-likeness (QED) is 0.129. The molecule has 37 heavy (non-hydrogen) atoms.